The molecule has 1 heterocycles. The number of nitrogens with one attached hydrogen (secondary N) is 2. The normalized spacial score (nSPS) is 29.9. The van der Waals surface area contributed by atoms with Gasteiger partial charge in [-0.25, -0.2) is 0 Å². The van der Waals surface area contributed by atoms with E-state index in [1.54, 1.807) is 0 Å². The zero-order valence-corrected chi connectivity index (χ0v) is 12.8. The van der Waals surface area contributed by atoms with Crippen LogP contribution < -0.4 is 10.6 Å². The predicted octanol–water partition coefficient (Wildman–Crippen LogP) is 1.68. The van der Waals surface area contributed by atoms with E-state index in [4.69, 9.17) is 0 Å². The fourth-order valence-electron chi connectivity index (χ4n) is 2.81. The second kappa shape index (κ2) is 7.13. The van der Waals surface area contributed by atoms with Crippen molar-refractivity contribution in [1.29, 1.82) is 0 Å². The molecule has 2 rings (SSSR count). The van der Waals surface area contributed by atoms with Gasteiger partial charge in [0.1, 0.15) is 0 Å². The molecule has 2 aliphatic rings. The third-order valence-electron chi connectivity index (χ3n) is 4.29. The van der Waals surface area contributed by atoms with Crippen molar-refractivity contribution in [3.05, 3.63) is 0 Å². The lowest BCUT2D eigenvalue weighted by Gasteiger charge is -2.29. The second-order valence-electron chi connectivity index (χ2n) is 6.38. The average Bonchev–Trinajstić information content (AvgIpc) is 3.11. The highest BCUT2D eigenvalue weighted by Gasteiger charge is 2.33. The Hall–Kier alpha value is -0.770. The van der Waals surface area contributed by atoms with E-state index >= 15 is 0 Å². The standard InChI is InChI=1S/C15H30N4/c1-12(11-19-7-5-4-6-8-19)10-17-15(16-3)18-14-9-13(14)2/h12-14H,4-11H2,1-3H3,(H2,16,17,18). The minimum Gasteiger partial charge on any atom is -0.356 e. The molecular weight excluding hydrogens is 236 g/mol. The molecule has 0 aromatic rings. The van der Waals surface area contributed by atoms with Gasteiger partial charge in [0.25, 0.3) is 0 Å². The number of nitrogens with zero attached hydrogens (tertiary/aromatic N) is 2. The summed E-state index contributed by atoms with van der Waals surface area (Å²) in [5, 5.41) is 6.94. The topological polar surface area (TPSA) is 39.7 Å². The zero-order chi connectivity index (χ0) is 13.7. The molecule has 1 saturated carbocycles. The Morgan fingerprint density at radius 1 is 1.32 bits per heavy atom. The van der Waals surface area contributed by atoms with Gasteiger partial charge in [-0.2, -0.15) is 0 Å². The number of rotatable bonds is 5. The lowest BCUT2D eigenvalue weighted by Crippen LogP contribution is -2.43. The highest BCUT2D eigenvalue weighted by atomic mass is 15.2. The van der Waals surface area contributed by atoms with Crippen molar-refractivity contribution in [1.82, 2.24) is 15.5 Å². The van der Waals surface area contributed by atoms with Gasteiger partial charge < -0.3 is 15.5 Å². The zero-order valence-electron chi connectivity index (χ0n) is 12.8. The largest absolute Gasteiger partial charge is 0.356 e. The molecule has 110 valence electrons. The fourth-order valence-corrected chi connectivity index (χ4v) is 2.81. The first-order valence-electron chi connectivity index (χ1n) is 7.88. The van der Waals surface area contributed by atoms with Gasteiger partial charge in [0.15, 0.2) is 5.96 Å². The maximum atomic E-state index is 4.30. The van der Waals surface area contributed by atoms with Gasteiger partial charge in [0.2, 0.25) is 0 Å². The summed E-state index contributed by atoms with van der Waals surface area (Å²) < 4.78 is 0. The van der Waals surface area contributed by atoms with Crippen molar-refractivity contribution in [3.8, 4) is 0 Å². The summed E-state index contributed by atoms with van der Waals surface area (Å²) >= 11 is 0. The minimum atomic E-state index is 0.642. The Labute approximate surface area is 118 Å². The van der Waals surface area contributed by atoms with Crippen molar-refractivity contribution in [2.75, 3.05) is 33.2 Å². The van der Waals surface area contributed by atoms with Crippen LogP contribution in [0.25, 0.3) is 0 Å². The molecule has 1 aliphatic carbocycles. The van der Waals surface area contributed by atoms with E-state index in [1.165, 1.54) is 45.3 Å². The maximum Gasteiger partial charge on any atom is 0.191 e. The molecule has 1 saturated heterocycles. The van der Waals surface area contributed by atoms with Crippen LogP contribution in [0.4, 0.5) is 0 Å². The molecule has 3 atom stereocenters. The Kier molecular flexibility index (Phi) is 5.49. The van der Waals surface area contributed by atoms with Gasteiger partial charge in [0.05, 0.1) is 0 Å². The Balaban J connectivity index is 1.62. The molecule has 0 aromatic carbocycles. The molecule has 0 aromatic heterocycles. The van der Waals surface area contributed by atoms with E-state index in [0.717, 1.165) is 18.4 Å². The second-order valence-corrected chi connectivity index (χ2v) is 6.38. The van der Waals surface area contributed by atoms with Crippen LogP contribution >= 0.6 is 0 Å². The molecule has 2 fully saturated rings. The van der Waals surface area contributed by atoms with Gasteiger partial charge in [0, 0.05) is 26.2 Å². The van der Waals surface area contributed by atoms with E-state index < -0.39 is 0 Å². The number of likely N-dealkylation sites (tertiary alicyclic amines) is 1. The van der Waals surface area contributed by atoms with Crippen LogP contribution in [-0.2, 0) is 0 Å². The molecule has 2 N–H and O–H groups in total. The van der Waals surface area contributed by atoms with E-state index in [9.17, 15) is 0 Å². The van der Waals surface area contributed by atoms with Crippen LogP contribution in [0.15, 0.2) is 4.99 Å². The summed E-state index contributed by atoms with van der Waals surface area (Å²) in [6.45, 7) is 9.41. The number of hydrogen-bond donors (Lipinski definition) is 2. The number of hydrogen-bond acceptors (Lipinski definition) is 2. The van der Waals surface area contributed by atoms with Crippen LogP contribution in [0.3, 0.4) is 0 Å². The lowest BCUT2D eigenvalue weighted by atomic mass is 10.1. The minimum absolute atomic E-state index is 0.642. The van der Waals surface area contributed by atoms with Gasteiger partial charge in [-0.1, -0.05) is 20.3 Å². The smallest absolute Gasteiger partial charge is 0.191 e. The molecular formula is C15H30N4. The molecule has 1 aliphatic heterocycles. The summed E-state index contributed by atoms with van der Waals surface area (Å²) in [4.78, 5) is 6.91. The molecule has 4 heteroatoms. The molecule has 0 spiro atoms. The molecule has 3 unspecified atom stereocenters. The van der Waals surface area contributed by atoms with Gasteiger partial charge in [-0.15, -0.1) is 0 Å². The third kappa shape index (κ3) is 5.01. The Bertz CT molecular complexity index is 297. The van der Waals surface area contributed by atoms with Crippen LogP contribution in [0.5, 0.6) is 0 Å². The Morgan fingerprint density at radius 2 is 2.00 bits per heavy atom. The van der Waals surface area contributed by atoms with Crippen molar-refractivity contribution >= 4 is 5.96 Å². The first-order chi connectivity index (χ1) is 9.19. The van der Waals surface area contributed by atoms with Gasteiger partial charge in [-0.05, 0) is 44.2 Å². The third-order valence-corrected chi connectivity index (χ3v) is 4.29. The van der Waals surface area contributed by atoms with Crippen molar-refractivity contribution in [3.63, 3.8) is 0 Å². The monoisotopic (exact) mass is 266 g/mol. The lowest BCUT2D eigenvalue weighted by molar-refractivity contribution is 0.201. The van der Waals surface area contributed by atoms with Crippen LogP contribution in [0, 0.1) is 11.8 Å². The summed E-state index contributed by atoms with van der Waals surface area (Å²) in [7, 11) is 1.86. The summed E-state index contributed by atoms with van der Waals surface area (Å²) in [6, 6.07) is 0.642. The Morgan fingerprint density at radius 3 is 2.58 bits per heavy atom. The average molecular weight is 266 g/mol. The van der Waals surface area contributed by atoms with Crippen molar-refractivity contribution in [2.45, 2.75) is 45.6 Å². The highest BCUT2D eigenvalue weighted by Crippen LogP contribution is 2.28. The quantitative estimate of drug-likeness (QED) is 0.587. The summed E-state index contributed by atoms with van der Waals surface area (Å²) in [5.74, 6) is 2.46. The predicted molar refractivity (Wildman–Crippen MR) is 81.5 cm³/mol. The van der Waals surface area contributed by atoms with Crippen LogP contribution in [-0.4, -0.2) is 50.1 Å². The van der Waals surface area contributed by atoms with Crippen LogP contribution in [0.2, 0.25) is 0 Å². The highest BCUT2D eigenvalue weighted by molar-refractivity contribution is 5.80. The van der Waals surface area contributed by atoms with Crippen molar-refractivity contribution < 1.29 is 0 Å². The van der Waals surface area contributed by atoms with E-state index in [0.29, 0.717) is 12.0 Å². The van der Waals surface area contributed by atoms with E-state index in [-0.39, 0.29) is 0 Å². The number of piperidine rings is 1. The maximum absolute atomic E-state index is 4.30. The molecule has 0 bridgehead atoms. The summed E-state index contributed by atoms with van der Waals surface area (Å²) in [6.07, 6.45) is 5.45. The van der Waals surface area contributed by atoms with Crippen molar-refractivity contribution in [2.24, 2.45) is 16.8 Å². The molecule has 0 amide bonds. The van der Waals surface area contributed by atoms with E-state index in [2.05, 4.69) is 34.4 Å². The molecule has 0 radical (unpaired) electrons. The first-order valence-corrected chi connectivity index (χ1v) is 7.88. The number of aliphatic imine (C=N–C) groups is 1. The number of guanidine groups is 1. The van der Waals surface area contributed by atoms with E-state index in [1.807, 2.05) is 7.05 Å². The SMILES string of the molecule is CN=C(NCC(C)CN1CCCCC1)NC1CC1C. The molecule has 4 nitrogen and oxygen atoms in total. The first kappa shape index (κ1) is 14.6. The molecule has 19 heavy (non-hydrogen) atoms. The van der Waals surface area contributed by atoms with Gasteiger partial charge in [-0.3, -0.25) is 4.99 Å². The fraction of sp³-hybridized carbons (Fsp3) is 0.933. The summed E-state index contributed by atoms with van der Waals surface area (Å²) in [5.41, 5.74) is 0. The van der Waals surface area contributed by atoms with Crippen LogP contribution in [0.1, 0.15) is 39.5 Å². The van der Waals surface area contributed by atoms with Gasteiger partial charge >= 0.3 is 0 Å².